The number of fused-ring (bicyclic) bond motifs is 1. The monoisotopic (exact) mass is 212 g/mol. The van der Waals surface area contributed by atoms with E-state index in [0.717, 1.165) is 13.1 Å². The minimum atomic E-state index is -1.01. The molecule has 1 saturated carbocycles. The number of hydrogen-bond donors (Lipinski definition) is 2. The predicted molar refractivity (Wildman–Crippen MR) is 53.4 cm³/mol. The summed E-state index contributed by atoms with van der Waals surface area (Å²) in [7, 11) is 0. The maximum Gasteiger partial charge on any atom is 0.323 e. The van der Waals surface area contributed by atoms with Crippen LogP contribution in [-0.2, 0) is 4.79 Å². The predicted octanol–water partition coefficient (Wildman–Crippen LogP) is 0.368. The van der Waals surface area contributed by atoms with Crippen molar-refractivity contribution in [2.75, 3.05) is 19.6 Å². The van der Waals surface area contributed by atoms with E-state index in [4.69, 9.17) is 5.11 Å². The smallest absolute Gasteiger partial charge is 0.323 e. The average Bonchev–Trinajstić information content (AvgIpc) is 2.55. The summed E-state index contributed by atoms with van der Waals surface area (Å²) in [6, 6.07) is -0.250. The number of nitrogens with zero attached hydrogens (tertiary/aromatic N) is 1. The van der Waals surface area contributed by atoms with Crippen molar-refractivity contribution in [3.05, 3.63) is 0 Å². The van der Waals surface area contributed by atoms with Crippen molar-refractivity contribution in [2.24, 2.45) is 17.3 Å². The Labute approximate surface area is 88.4 Å². The molecule has 1 aliphatic carbocycles. The van der Waals surface area contributed by atoms with Crippen LogP contribution in [0.5, 0.6) is 0 Å². The number of carbonyl (C=O) groups excluding carboxylic acids is 1. The van der Waals surface area contributed by atoms with Crippen molar-refractivity contribution in [2.45, 2.75) is 13.8 Å². The van der Waals surface area contributed by atoms with Gasteiger partial charge in [0.25, 0.3) is 0 Å². The summed E-state index contributed by atoms with van der Waals surface area (Å²) in [5.41, 5.74) is 0.379. The number of carboxylic acids is 1. The first-order valence-corrected chi connectivity index (χ1v) is 5.17. The van der Waals surface area contributed by atoms with Crippen LogP contribution in [0, 0.1) is 17.3 Å². The van der Waals surface area contributed by atoms with E-state index in [1.807, 2.05) is 0 Å². The van der Waals surface area contributed by atoms with Gasteiger partial charge >= 0.3 is 12.0 Å². The molecule has 0 bridgehead atoms. The van der Waals surface area contributed by atoms with Gasteiger partial charge in [0.2, 0.25) is 0 Å². The molecule has 0 spiro atoms. The van der Waals surface area contributed by atoms with Crippen LogP contribution in [0.2, 0.25) is 0 Å². The molecule has 2 amide bonds. The lowest BCUT2D eigenvalue weighted by atomic mass is 10.1. The van der Waals surface area contributed by atoms with Crippen LogP contribution in [0.3, 0.4) is 0 Å². The number of hydrogen-bond acceptors (Lipinski definition) is 2. The summed E-state index contributed by atoms with van der Waals surface area (Å²) in [6.45, 7) is 5.67. The Bertz CT molecular complexity index is 300. The second-order valence-corrected chi connectivity index (χ2v) is 4.99. The Kier molecular flexibility index (Phi) is 2.13. The summed E-state index contributed by atoms with van der Waals surface area (Å²) in [4.78, 5) is 23.5. The van der Waals surface area contributed by atoms with Crippen LogP contribution in [0.25, 0.3) is 0 Å². The third kappa shape index (κ3) is 1.66. The second kappa shape index (κ2) is 3.12. The van der Waals surface area contributed by atoms with Gasteiger partial charge < -0.3 is 15.3 Å². The third-order valence-electron chi connectivity index (χ3n) is 3.80. The van der Waals surface area contributed by atoms with Crippen molar-refractivity contribution in [3.63, 3.8) is 0 Å². The van der Waals surface area contributed by atoms with Gasteiger partial charge in [-0.05, 0) is 17.3 Å². The van der Waals surface area contributed by atoms with E-state index in [9.17, 15) is 9.59 Å². The summed E-state index contributed by atoms with van der Waals surface area (Å²) in [5, 5.41) is 10.8. The van der Waals surface area contributed by atoms with Crippen LogP contribution in [-0.4, -0.2) is 41.6 Å². The molecular formula is C10H16N2O3. The molecule has 15 heavy (non-hydrogen) atoms. The minimum Gasteiger partial charge on any atom is -0.480 e. The summed E-state index contributed by atoms with van der Waals surface area (Å²) in [5.74, 6) is 0.203. The maximum atomic E-state index is 11.5. The molecule has 0 radical (unpaired) electrons. The molecule has 0 aromatic rings. The highest BCUT2D eigenvalue weighted by atomic mass is 16.4. The van der Waals surface area contributed by atoms with E-state index < -0.39 is 5.97 Å². The van der Waals surface area contributed by atoms with Gasteiger partial charge in [-0.3, -0.25) is 4.79 Å². The van der Waals surface area contributed by atoms with Crippen molar-refractivity contribution >= 4 is 12.0 Å². The zero-order chi connectivity index (χ0) is 11.2. The zero-order valence-electron chi connectivity index (χ0n) is 8.99. The van der Waals surface area contributed by atoms with E-state index in [2.05, 4.69) is 19.2 Å². The lowest BCUT2D eigenvalue weighted by Gasteiger charge is -2.21. The number of nitrogens with one attached hydrogen (secondary N) is 1. The summed E-state index contributed by atoms with van der Waals surface area (Å²) >= 11 is 0. The van der Waals surface area contributed by atoms with Crippen LogP contribution >= 0.6 is 0 Å². The minimum absolute atomic E-state index is 0.250. The van der Waals surface area contributed by atoms with E-state index in [1.165, 1.54) is 0 Å². The van der Waals surface area contributed by atoms with E-state index in [0.29, 0.717) is 17.3 Å². The first kappa shape index (κ1) is 10.3. The highest BCUT2D eigenvalue weighted by molar-refractivity contribution is 5.80. The number of carbonyl (C=O) groups is 2. The molecule has 1 heterocycles. The summed E-state index contributed by atoms with van der Waals surface area (Å²) in [6.07, 6.45) is 0. The number of amides is 2. The average molecular weight is 212 g/mol. The number of aliphatic carboxylic acids is 1. The highest BCUT2D eigenvalue weighted by Gasteiger charge is 2.62. The molecule has 2 aliphatic rings. The van der Waals surface area contributed by atoms with Crippen LogP contribution < -0.4 is 5.32 Å². The Morgan fingerprint density at radius 3 is 2.40 bits per heavy atom. The Morgan fingerprint density at radius 1 is 1.40 bits per heavy atom. The topological polar surface area (TPSA) is 69.6 Å². The fourth-order valence-corrected chi connectivity index (χ4v) is 2.56. The van der Waals surface area contributed by atoms with Gasteiger partial charge in [0, 0.05) is 13.1 Å². The Morgan fingerprint density at radius 2 is 1.93 bits per heavy atom. The molecule has 2 rings (SSSR count). The first-order chi connectivity index (χ1) is 6.93. The van der Waals surface area contributed by atoms with Gasteiger partial charge in [-0.2, -0.15) is 0 Å². The summed E-state index contributed by atoms with van der Waals surface area (Å²) < 4.78 is 0. The van der Waals surface area contributed by atoms with Gasteiger partial charge in [0.05, 0.1) is 0 Å². The Balaban J connectivity index is 1.79. The number of likely N-dealkylation sites (tertiary alicyclic amines) is 1. The lowest BCUT2D eigenvalue weighted by Crippen LogP contribution is -2.42. The standard InChI is InChI=1S/C10H16N2O3/c1-10(2)6-4-12(5-7(6)10)9(15)11-3-8(13)14/h6-7H,3-5H2,1-2H3,(H,11,15)(H,13,14). The van der Waals surface area contributed by atoms with Gasteiger partial charge in [-0.25, -0.2) is 4.79 Å². The number of piperidine rings is 1. The molecule has 2 N–H and O–H groups in total. The fourth-order valence-electron chi connectivity index (χ4n) is 2.56. The molecular weight excluding hydrogens is 196 g/mol. The molecule has 1 saturated heterocycles. The molecule has 2 fully saturated rings. The molecule has 2 atom stereocenters. The molecule has 0 aromatic carbocycles. The zero-order valence-corrected chi connectivity index (χ0v) is 8.99. The number of carboxylic acid groups (broad SMARTS) is 1. The molecule has 2 unspecified atom stereocenters. The third-order valence-corrected chi connectivity index (χ3v) is 3.80. The molecule has 5 heteroatoms. The fraction of sp³-hybridized carbons (Fsp3) is 0.800. The van der Waals surface area contributed by atoms with Crippen LogP contribution in [0.4, 0.5) is 4.79 Å². The van der Waals surface area contributed by atoms with Crippen molar-refractivity contribution in [1.29, 1.82) is 0 Å². The van der Waals surface area contributed by atoms with E-state index >= 15 is 0 Å². The maximum absolute atomic E-state index is 11.5. The number of rotatable bonds is 2. The Hall–Kier alpha value is -1.26. The lowest BCUT2D eigenvalue weighted by molar-refractivity contribution is -0.135. The van der Waals surface area contributed by atoms with Crippen LogP contribution in [0.15, 0.2) is 0 Å². The quantitative estimate of drug-likeness (QED) is 0.694. The van der Waals surface area contributed by atoms with Crippen LogP contribution in [0.1, 0.15) is 13.8 Å². The van der Waals surface area contributed by atoms with Gasteiger partial charge in [0.1, 0.15) is 6.54 Å². The normalized spacial score (nSPS) is 30.9. The molecule has 5 nitrogen and oxygen atoms in total. The van der Waals surface area contributed by atoms with Crippen molar-refractivity contribution < 1.29 is 14.7 Å². The van der Waals surface area contributed by atoms with Gasteiger partial charge in [0.15, 0.2) is 0 Å². The second-order valence-electron chi connectivity index (χ2n) is 4.99. The largest absolute Gasteiger partial charge is 0.480 e. The van der Waals surface area contributed by atoms with E-state index in [1.54, 1.807) is 4.90 Å². The van der Waals surface area contributed by atoms with Gasteiger partial charge in [-0.15, -0.1) is 0 Å². The van der Waals surface area contributed by atoms with Gasteiger partial charge in [-0.1, -0.05) is 13.8 Å². The highest BCUT2D eigenvalue weighted by Crippen LogP contribution is 2.61. The SMILES string of the molecule is CC1(C)C2CN(C(=O)NCC(=O)O)CC21. The first-order valence-electron chi connectivity index (χ1n) is 5.17. The molecule has 1 aliphatic heterocycles. The molecule has 84 valence electrons. The van der Waals surface area contributed by atoms with Crippen molar-refractivity contribution in [3.8, 4) is 0 Å². The molecule has 0 aromatic heterocycles. The van der Waals surface area contributed by atoms with E-state index in [-0.39, 0.29) is 12.6 Å². The number of urea groups is 1. The van der Waals surface area contributed by atoms with Crippen molar-refractivity contribution in [1.82, 2.24) is 10.2 Å².